The molecule has 0 saturated carbocycles. The van der Waals surface area contributed by atoms with Crippen molar-refractivity contribution in [3.05, 3.63) is 78.5 Å². The lowest BCUT2D eigenvalue weighted by molar-refractivity contribution is 0.0954. The minimum absolute atomic E-state index is 0.0332. The summed E-state index contributed by atoms with van der Waals surface area (Å²) in [5.41, 5.74) is 6.18. The number of amides is 1. The highest BCUT2D eigenvalue weighted by atomic mass is 16.2. The zero-order chi connectivity index (χ0) is 20.1. The lowest BCUT2D eigenvalue weighted by atomic mass is 10.0. The summed E-state index contributed by atoms with van der Waals surface area (Å²) in [5.74, 6) is -0.0332. The molecule has 0 N–H and O–H groups in total. The summed E-state index contributed by atoms with van der Waals surface area (Å²) in [4.78, 5) is 19.7. The maximum absolute atomic E-state index is 13.5. The van der Waals surface area contributed by atoms with Gasteiger partial charge in [0.25, 0.3) is 5.91 Å². The molecule has 0 spiro atoms. The van der Waals surface area contributed by atoms with Crippen LogP contribution in [-0.4, -0.2) is 31.6 Å². The molecule has 6 nitrogen and oxygen atoms in total. The number of fused-ring (bicyclic) bond motifs is 2. The van der Waals surface area contributed by atoms with Crippen LogP contribution in [-0.2, 0) is 0 Å². The van der Waals surface area contributed by atoms with Crippen molar-refractivity contribution in [1.29, 1.82) is 0 Å². The fraction of sp³-hybridized carbons (Fsp3) is 0.174. The maximum Gasteiger partial charge on any atom is 0.277 e. The first-order valence-electron chi connectivity index (χ1n) is 9.63. The summed E-state index contributed by atoms with van der Waals surface area (Å²) in [6.07, 6.45) is 7.32. The van der Waals surface area contributed by atoms with Crippen molar-refractivity contribution in [3.63, 3.8) is 0 Å². The van der Waals surface area contributed by atoms with Crippen molar-refractivity contribution in [2.75, 3.05) is 11.4 Å². The molecular formula is C23H21N5O. The fourth-order valence-corrected chi connectivity index (χ4v) is 3.93. The molecule has 3 aromatic heterocycles. The molecule has 1 aromatic carbocycles. The molecule has 1 amide bonds. The quantitative estimate of drug-likeness (QED) is 0.528. The van der Waals surface area contributed by atoms with E-state index in [2.05, 4.69) is 23.6 Å². The Morgan fingerprint density at radius 1 is 1.14 bits per heavy atom. The van der Waals surface area contributed by atoms with Gasteiger partial charge in [0.15, 0.2) is 0 Å². The maximum atomic E-state index is 13.5. The molecule has 1 aliphatic heterocycles. The van der Waals surface area contributed by atoms with E-state index in [4.69, 9.17) is 0 Å². The zero-order valence-electron chi connectivity index (χ0n) is 16.4. The van der Waals surface area contributed by atoms with Crippen LogP contribution in [0.15, 0.2) is 61.6 Å². The van der Waals surface area contributed by atoms with Crippen LogP contribution in [0.1, 0.15) is 34.7 Å². The number of rotatable bonds is 3. The molecule has 0 fully saturated rings. The second-order valence-electron chi connectivity index (χ2n) is 7.48. The molecule has 29 heavy (non-hydrogen) atoms. The number of nitrogens with zero attached hydrogens (tertiary/aromatic N) is 5. The van der Waals surface area contributed by atoms with Gasteiger partial charge in [-0.3, -0.25) is 13.9 Å². The highest BCUT2D eigenvalue weighted by molar-refractivity contribution is 6.09. The smallest absolute Gasteiger partial charge is 0.277 e. The molecule has 6 heteroatoms. The van der Waals surface area contributed by atoms with Crippen LogP contribution in [0.4, 0.5) is 5.69 Å². The van der Waals surface area contributed by atoms with E-state index in [1.54, 1.807) is 18.5 Å². The van der Waals surface area contributed by atoms with E-state index in [1.165, 1.54) is 5.56 Å². The highest BCUT2D eigenvalue weighted by Crippen LogP contribution is 2.33. The van der Waals surface area contributed by atoms with Crippen molar-refractivity contribution in [1.82, 2.24) is 19.2 Å². The molecule has 1 aliphatic rings. The number of benzene rings is 1. The van der Waals surface area contributed by atoms with Crippen LogP contribution in [0.3, 0.4) is 0 Å². The Balaban J connectivity index is 1.63. The number of aromatic nitrogens is 4. The first-order valence-corrected chi connectivity index (χ1v) is 9.63. The van der Waals surface area contributed by atoms with Gasteiger partial charge < -0.3 is 4.90 Å². The average Bonchev–Trinajstić information content (AvgIpc) is 3.35. The molecule has 4 aromatic rings. The minimum atomic E-state index is -0.0332. The van der Waals surface area contributed by atoms with Crippen molar-refractivity contribution < 1.29 is 4.79 Å². The summed E-state index contributed by atoms with van der Waals surface area (Å²) in [5, 5.41) is 4.54. The topological polar surface area (TPSA) is 55.4 Å². The molecular weight excluding hydrogens is 362 g/mol. The summed E-state index contributed by atoms with van der Waals surface area (Å²) in [6, 6.07) is 12.1. The number of aryl methyl sites for hydroxylation is 1. The monoisotopic (exact) mass is 383 g/mol. The number of hydrogen-bond donors (Lipinski definition) is 0. The van der Waals surface area contributed by atoms with Gasteiger partial charge in [0.05, 0.1) is 24.1 Å². The van der Waals surface area contributed by atoms with E-state index in [0.29, 0.717) is 12.2 Å². The van der Waals surface area contributed by atoms with Gasteiger partial charge in [0.2, 0.25) is 0 Å². The Kier molecular flexibility index (Phi) is 3.87. The Hall–Kier alpha value is -3.67. The third kappa shape index (κ3) is 2.68. The van der Waals surface area contributed by atoms with E-state index in [-0.39, 0.29) is 11.9 Å². The number of pyridine rings is 1. The fourth-order valence-electron chi connectivity index (χ4n) is 3.93. The number of carbonyl (C=O) groups excluding carboxylic acids is 1. The Bertz CT molecular complexity index is 1250. The summed E-state index contributed by atoms with van der Waals surface area (Å²) < 4.78 is 3.82. The van der Waals surface area contributed by atoms with Crippen molar-refractivity contribution in [3.8, 4) is 11.1 Å². The standard InChI is InChI=1S/C23H21N5O/c1-4-18-11-24-21-10-7-17(14-26(18)21)20-12-25-28-16(3)13-27(23(29)22(20)28)19-8-5-15(2)6-9-19/h4-12,14,16H,1,13H2,2-3H3/t16-/m0/s1. The molecule has 5 rings (SSSR count). The summed E-state index contributed by atoms with van der Waals surface area (Å²) in [7, 11) is 0. The lowest BCUT2D eigenvalue weighted by Gasteiger charge is -2.32. The van der Waals surface area contributed by atoms with Gasteiger partial charge in [-0.15, -0.1) is 0 Å². The number of anilines is 1. The molecule has 144 valence electrons. The van der Waals surface area contributed by atoms with Gasteiger partial charge in [0, 0.05) is 29.6 Å². The largest absolute Gasteiger partial charge is 0.305 e. The first kappa shape index (κ1) is 17.4. The van der Waals surface area contributed by atoms with Crippen LogP contribution >= 0.6 is 0 Å². The Morgan fingerprint density at radius 2 is 1.93 bits per heavy atom. The summed E-state index contributed by atoms with van der Waals surface area (Å²) in [6.45, 7) is 8.57. The van der Waals surface area contributed by atoms with Crippen LogP contribution in [0.5, 0.6) is 0 Å². The summed E-state index contributed by atoms with van der Waals surface area (Å²) >= 11 is 0. The zero-order valence-corrected chi connectivity index (χ0v) is 16.4. The second kappa shape index (κ2) is 6.44. The van der Waals surface area contributed by atoms with Crippen LogP contribution in [0, 0.1) is 6.92 Å². The normalized spacial score (nSPS) is 16.3. The molecule has 4 heterocycles. The van der Waals surface area contributed by atoms with Crippen LogP contribution in [0.25, 0.3) is 22.9 Å². The van der Waals surface area contributed by atoms with Crippen LogP contribution in [0.2, 0.25) is 0 Å². The van der Waals surface area contributed by atoms with E-state index < -0.39 is 0 Å². The second-order valence-corrected chi connectivity index (χ2v) is 7.48. The van der Waals surface area contributed by atoms with Gasteiger partial charge in [-0.25, -0.2) is 4.98 Å². The van der Waals surface area contributed by atoms with Gasteiger partial charge in [0.1, 0.15) is 11.3 Å². The molecule has 0 radical (unpaired) electrons. The van der Waals surface area contributed by atoms with Gasteiger partial charge >= 0.3 is 0 Å². The van der Waals surface area contributed by atoms with Gasteiger partial charge in [-0.1, -0.05) is 24.3 Å². The molecule has 0 unspecified atom stereocenters. The minimum Gasteiger partial charge on any atom is -0.305 e. The SMILES string of the molecule is C=Cc1cnc2ccc(-c3cnn4c3C(=O)N(c3ccc(C)cc3)C[C@@H]4C)cn12. The molecule has 0 bridgehead atoms. The van der Waals surface area contributed by atoms with E-state index >= 15 is 0 Å². The van der Waals surface area contributed by atoms with Crippen LogP contribution < -0.4 is 4.90 Å². The number of hydrogen-bond acceptors (Lipinski definition) is 3. The molecule has 1 atom stereocenters. The van der Waals surface area contributed by atoms with E-state index in [1.807, 2.05) is 63.5 Å². The van der Waals surface area contributed by atoms with E-state index in [0.717, 1.165) is 28.2 Å². The number of imidazole rings is 1. The highest BCUT2D eigenvalue weighted by Gasteiger charge is 2.33. The van der Waals surface area contributed by atoms with Crippen molar-refractivity contribution >= 4 is 23.3 Å². The first-order chi connectivity index (χ1) is 14.1. The van der Waals surface area contributed by atoms with Gasteiger partial charge in [-0.2, -0.15) is 5.10 Å². The lowest BCUT2D eigenvalue weighted by Crippen LogP contribution is -2.42. The van der Waals surface area contributed by atoms with Crippen molar-refractivity contribution in [2.24, 2.45) is 0 Å². The van der Waals surface area contributed by atoms with Crippen molar-refractivity contribution in [2.45, 2.75) is 19.9 Å². The Morgan fingerprint density at radius 3 is 2.69 bits per heavy atom. The van der Waals surface area contributed by atoms with E-state index in [9.17, 15) is 4.79 Å². The molecule has 0 saturated heterocycles. The number of carbonyl (C=O) groups is 1. The predicted octanol–water partition coefficient (Wildman–Crippen LogP) is 4.37. The van der Waals surface area contributed by atoms with Gasteiger partial charge in [-0.05, 0) is 44.2 Å². The third-order valence-corrected chi connectivity index (χ3v) is 5.51. The Labute approximate surface area is 168 Å². The average molecular weight is 383 g/mol. The predicted molar refractivity (Wildman–Crippen MR) is 114 cm³/mol. The molecule has 0 aliphatic carbocycles. The third-order valence-electron chi connectivity index (χ3n) is 5.51.